The van der Waals surface area contributed by atoms with E-state index in [9.17, 15) is 0 Å². The molecule has 0 unspecified atom stereocenters. The first kappa shape index (κ1) is 25.8. The Morgan fingerprint density at radius 2 is 0.851 bits per heavy atom. The van der Waals surface area contributed by atoms with E-state index in [4.69, 9.17) is 14.6 Å². The average molecular weight is 612 g/mol. The van der Waals surface area contributed by atoms with E-state index in [1.165, 1.54) is 0 Å². The lowest BCUT2D eigenvalue weighted by Gasteiger charge is -2.26. The van der Waals surface area contributed by atoms with Crippen molar-refractivity contribution in [1.29, 1.82) is 0 Å². The molecule has 0 amide bonds. The summed E-state index contributed by atoms with van der Waals surface area (Å²) in [7, 11) is 0. The summed E-state index contributed by atoms with van der Waals surface area (Å²) >= 11 is 0. The summed E-state index contributed by atoms with van der Waals surface area (Å²) in [5.41, 5.74) is 10.8. The van der Waals surface area contributed by atoms with Crippen LogP contribution in [0.15, 0.2) is 153 Å². The van der Waals surface area contributed by atoms with Gasteiger partial charge in [0.05, 0.1) is 1.37 Å². The van der Waals surface area contributed by atoms with E-state index in [-0.39, 0.29) is 0 Å². The molecule has 0 atom stereocenters. The Hall–Kier alpha value is -6.47. The molecule has 0 N–H and O–H groups in total. The second-order valence-corrected chi connectivity index (χ2v) is 11.3. The maximum absolute atomic E-state index is 8.12. The van der Waals surface area contributed by atoms with Crippen molar-refractivity contribution < 1.29 is 14.6 Å². The quantitative estimate of drug-likeness (QED) is 0.185. The highest BCUT2D eigenvalue weighted by molar-refractivity contribution is 5.82. The summed E-state index contributed by atoms with van der Waals surface area (Å²) in [6.45, 7) is 1.90. The van der Waals surface area contributed by atoms with Crippen LogP contribution in [0.25, 0.3) is 67.7 Å². The molecule has 0 aliphatic heterocycles. The van der Waals surface area contributed by atoms with Crippen molar-refractivity contribution in [2.75, 3.05) is 4.90 Å². The summed E-state index contributed by atoms with van der Waals surface area (Å²) in [5.74, 6) is 1.67. The summed E-state index contributed by atoms with van der Waals surface area (Å²) in [6, 6.07) is 44.0. The summed E-state index contributed by atoms with van der Waals surface area (Å²) < 4.78 is 26.3. The average Bonchev–Trinajstić information content (AvgIpc) is 3.86. The molecular weight excluding hydrogens is 584 g/mol. The second-order valence-electron chi connectivity index (χ2n) is 11.3. The van der Waals surface area contributed by atoms with E-state index >= 15 is 0 Å². The molecule has 0 aliphatic carbocycles. The first-order valence-electron chi connectivity index (χ1n) is 15.8. The molecule has 6 aromatic carbocycles. The smallest absolute Gasteiger partial charge is 0.227 e. The van der Waals surface area contributed by atoms with Gasteiger partial charge in [0.1, 0.15) is 16.6 Å². The fraction of sp³-hybridized carbons (Fsp3) is 0.0250. The van der Waals surface area contributed by atoms with Gasteiger partial charge in [-0.3, -0.25) is 0 Å². The molecular formula is C40H26N4O3. The number of aromatic nitrogens is 3. The van der Waals surface area contributed by atoms with Gasteiger partial charge in [-0.25, -0.2) is 15.0 Å². The minimum absolute atomic E-state index is 0.442. The van der Waals surface area contributed by atoms with Crippen molar-refractivity contribution in [3.05, 3.63) is 145 Å². The zero-order valence-corrected chi connectivity index (χ0v) is 25.2. The van der Waals surface area contributed by atoms with Crippen LogP contribution in [0, 0.1) is 6.92 Å². The zero-order chi connectivity index (χ0) is 32.2. The molecule has 0 bridgehead atoms. The lowest BCUT2D eigenvalue weighted by atomic mass is 10.1. The SMILES string of the molecule is [2H]c1cc2nc(-c3ccc(N(c4ccc(-c5nc6ccccc6o5)cc4)c4ccc(-c5nc6ccccc6o5)cc4)cc3)oc2cc1C. The number of para-hydroxylation sites is 4. The van der Waals surface area contributed by atoms with Gasteiger partial charge in [-0.1, -0.05) is 30.3 Å². The molecule has 3 aromatic heterocycles. The predicted octanol–water partition coefficient (Wildman–Crippen LogP) is 10.9. The van der Waals surface area contributed by atoms with Gasteiger partial charge < -0.3 is 18.2 Å². The first-order valence-corrected chi connectivity index (χ1v) is 15.3. The predicted molar refractivity (Wildman–Crippen MR) is 185 cm³/mol. The largest absolute Gasteiger partial charge is 0.436 e. The van der Waals surface area contributed by atoms with Crippen LogP contribution in [0.5, 0.6) is 0 Å². The monoisotopic (exact) mass is 611 g/mol. The molecule has 9 aromatic rings. The van der Waals surface area contributed by atoms with Gasteiger partial charge in [-0.05, 0) is 122 Å². The number of anilines is 3. The van der Waals surface area contributed by atoms with Crippen LogP contribution < -0.4 is 4.90 Å². The number of hydrogen-bond donors (Lipinski definition) is 0. The van der Waals surface area contributed by atoms with Gasteiger partial charge in [0.15, 0.2) is 16.7 Å². The van der Waals surface area contributed by atoms with Crippen molar-refractivity contribution in [3.63, 3.8) is 0 Å². The Morgan fingerprint density at radius 3 is 1.28 bits per heavy atom. The highest BCUT2D eigenvalue weighted by Gasteiger charge is 2.17. The molecule has 0 saturated heterocycles. The summed E-state index contributed by atoms with van der Waals surface area (Å²) in [6.07, 6.45) is 0. The van der Waals surface area contributed by atoms with Crippen molar-refractivity contribution in [3.8, 4) is 34.4 Å². The number of nitrogens with zero attached hydrogens (tertiary/aromatic N) is 4. The molecule has 0 saturated carbocycles. The molecule has 0 fully saturated rings. The molecule has 9 rings (SSSR count). The van der Waals surface area contributed by atoms with Gasteiger partial charge >= 0.3 is 0 Å². The van der Waals surface area contributed by atoms with Crippen LogP contribution in [0.4, 0.5) is 17.1 Å². The van der Waals surface area contributed by atoms with Gasteiger partial charge in [0.2, 0.25) is 17.7 Å². The van der Waals surface area contributed by atoms with E-state index in [2.05, 4.69) is 56.3 Å². The Balaban J connectivity index is 1.09. The lowest BCUT2D eigenvalue weighted by Crippen LogP contribution is -2.09. The number of hydrogen-bond acceptors (Lipinski definition) is 7. The van der Waals surface area contributed by atoms with E-state index in [0.29, 0.717) is 34.8 Å². The molecule has 7 heteroatoms. The van der Waals surface area contributed by atoms with Gasteiger partial charge in [0, 0.05) is 33.8 Å². The van der Waals surface area contributed by atoms with E-state index < -0.39 is 0 Å². The highest BCUT2D eigenvalue weighted by atomic mass is 16.4. The maximum atomic E-state index is 8.12. The first-order chi connectivity index (χ1) is 23.6. The van der Waals surface area contributed by atoms with Gasteiger partial charge in [-0.15, -0.1) is 0 Å². The van der Waals surface area contributed by atoms with Crippen LogP contribution in [-0.4, -0.2) is 15.0 Å². The third-order valence-corrected chi connectivity index (χ3v) is 8.17. The van der Waals surface area contributed by atoms with Crippen molar-refractivity contribution in [2.45, 2.75) is 6.92 Å². The topological polar surface area (TPSA) is 81.3 Å². The zero-order valence-electron chi connectivity index (χ0n) is 26.2. The normalized spacial score (nSPS) is 11.8. The van der Waals surface area contributed by atoms with Crippen molar-refractivity contribution >= 4 is 50.4 Å². The fourth-order valence-electron chi connectivity index (χ4n) is 5.79. The number of benzene rings is 6. The van der Waals surface area contributed by atoms with Crippen LogP contribution in [-0.2, 0) is 0 Å². The molecule has 47 heavy (non-hydrogen) atoms. The molecule has 0 aliphatic rings. The maximum Gasteiger partial charge on any atom is 0.227 e. The fourth-order valence-corrected chi connectivity index (χ4v) is 5.79. The van der Waals surface area contributed by atoms with E-state index in [1.807, 2.05) is 97.9 Å². The van der Waals surface area contributed by atoms with Crippen LogP contribution in [0.1, 0.15) is 6.93 Å². The lowest BCUT2D eigenvalue weighted by molar-refractivity contribution is 0.619. The van der Waals surface area contributed by atoms with Crippen LogP contribution >= 0.6 is 0 Å². The standard InChI is InChI=1S/C40H26N4O3/c1-25-10-23-34-37(24-25)47-40(43-34)28-15-21-31(22-16-28)44(29-17-11-26(12-18-29)38-41-32-6-2-4-8-35(32)45-38)30-19-13-27(14-20-30)39-42-33-7-3-5-9-36(33)46-39/h2-24H,1H3/i10D. The number of fused-ring (bicyclic) bond motifs is 3. The minimum Gasteiger partial charge on any atom is -0.436 e. The third-order valence-electron chi connectivity index (χ3n) is 8.17. The molecule has 0 spiro atoms. The Morgan fingerprint density at radius 1 is 0.468 bits per heavy atom. The highest BCUT2D eigenvalue weighted by Crippen LogP contribution is 2.38. The Bertz CT molecular complexity index is 2360. The summed E-state index contributed by atoms with van der Waals surface area (Å²) in [5, 5.41) is 0. The van der Waals surface area contributed by atoms with Gasteiger partial charge in [0.25, 0.3) is 0 Å². The molecule has 7 nitrogen and oxygen atoms in total. The molecule has 0 radical (unpaired) electrons. The number of rotatable bonds is 6. The summed E-state index contributed by atoms with van der Waals surface area (Å²) in [4.78, 5) is 16.2. The van der Waals surface area contributed by atoms with Crippen LogP contribution in [0.2, 0.25) is 0 Å². The Kier molecular flexibility index (Phi) is 5.96. The third kappa shape index (κ3) is 4.91. The van der Waals surface area contributed by atoms with Crippen molar-refractivity contribution in [2.24, 2.45) is 0 Å². The minimum atomic E-state index is 0.442. The second kappa shape index (κ2) is 10.9. The van der Waals surface area contributed by atoms with Gasteiger partial charge in [-0.2, -0.15) is 0 Å². The van der Waals surface area contributed by atoms with Crippen LogP contribution in [0.3, 0.4) is 0 Å². The molecule has 3 heterocycles. The van der Waals surface area contributed by atoms with E-state index in [1.54, 1.807) is 6.07 Å². The molecule has 224 valence electrons. The van der Waals surface area contributed by atoms with Crippen molar-refractivity contribution in [1.82, 2.24) is 15.0 Å². The number of oxazole rings is 3. The number of aryl methyl sites for hydroxylation is 1. The Labute approximate surface area is 270 Å². The van der Waals surface area contributed by atoms with E-state index in [0.717, 1.165) is 61.5 Å².